The van der Waals surface area contributed by atoms with Crippen LogP contribution < -0.4 is 5.32 Å². The van der Waals surface area contributed by atoms with Gasteiger partial charge in [0.05, 0.1) is 15.7 Å². The second-order valence-corrected chi connectivity index (χ2v) is 5.60. The summed E-state index contributed by atoms with van der Waals surface area (Å²) in [6, 6.07) is 0. The van der Waals surface area contributed by atoms with Crippen LogP contribution in [0.25, 0.3) is 0 Å². The Hall–Kier alpha value is 0.0899. The quantitative estimate of drug-likeness (QED) is 0.671. The van der Waals surface area contributed by atoms with Gasteiger partial charge in [0, 0.05) is 0 Å². The van der Waals surface area contributed by atoms with E-state index < -0.39 is 5.34 Å². The lowest BCUT2D eigenvalue weighted by atomic mass is 9.50. The number of nitrogens with one attached hydrogen (secondary N) is 1. The lowest BCUT2D eigenvalue weighted by Crippen LogP contribution is -2.53. The fourth-order valence-corrected chi connectivity index (χ4v) is 3.50. The van der Waals surface area contributed by atoms with E-state index in [0.29, 0.717) is 5.92 Å². The van der Waals surface area contributed by atoms with Gasteiger partial charge in [-0.2, -0.15) is 0 Å². The van der Waals surface area contributed by atoms with Gasteiger partial charge in [-0.1, -0.05) is 31.0 Å². The van der Waals surface area contributed by atoms with Crippen molar-refractivity contribution in [2.45, 2.75) is 50.3 Å². The highest BCUT2D eigenvalue weighted by Gasteiger charge is 2.36. The first kappa shape index (κ1) is 11.6. The zero-order chi connectivity index (χ0) is 10.9. The van der Waals surface area contributed by atoms with Crippen LogP contribution in [0.1, 0.15) is 44.9 Å². The average molecular weight is 201 g/mol. The van der Waals surface area contributed by atoms with Gasteiger partial charge in [0.1, 0.15) is 0 Å². The van der Waals surface area contributed by atoms with Crippen LogP contribution in [0.3, 0.4) is 0 Å². The molecule has 2 aliphatic rings. The molecule has 2 saturated carbocycles. The minimum atomic E-state index is -0.652. The summed E-state index contributed by atoms with van der Waals surface area (Å²) in [5.74, 6) is 2.23. The molecule has 80 valence electrons. The smallest absolute Gasteiger partial charge is 0.0824 e. The van der Waals surface area contributed by atoms with Gasteiger partial charge in [-0.15, -0.1) is 0 Å². The lowest BCUT2D eigenvalue weighted by molar-refractivity contribution is 0.174. The summed E-state index contributed by atoms with van der Waals surface area (Å²) < 4.78 is 0. The second kappa shape index (κ2) is 4.53. The van der Waals surface area contributed by atoms with Crippen LogP contribution in [0.2, 0.25) is 0 Å². The van der Waals surface area contributed by atoms with Gasteiger partial charge in [0.15, 0.2) is 0 Å². The molecule has 2 aliphatic carbocycles. The first-order valence-corrected chi connectivity index (χ1v) is 6.38. The summed E-state index contributed by atoms with van der Waals surface area (Å²) >= 11 is 0. The maximum Gasteiger partial charge on any atom is 0.0824 e. The molecule has 0 aliphatic heterocycles. The van der Waals surface area contributed by atoms with Crippen molar-refractivity contribution in [1.82, 2.24) is 5.32 Å². The Labute approximate surface area is 96.6 Å². The lowest BCUT2D eigenvalue weighted by Gasteiger charge is -2.43. The molecule has 2 unspecified atom stereocenters. The summed E-state index contributed by atoms with van der Waals surface area (Å²) in [7, 11) is 14.1. The van der Waals surface area contributed by atoms with Gasteiger partial charge >= 0.3 is 0 Å². The Morgan fingerprint density at radius 2 is 1.53 bits per heavy atom. The maximum absolute atomic E-state index is 6.11. The van der Waals surface area contributed by atoms with E-state index in [4.69, 9.17) is 15.7 Å². The van der Waals surface area contributed by atoms with Crippen molar-refractivity contribution in [1.29, 1.82) is 0 Å². The third-order valence-electron chi connectivity index (χ3n) is 4.49. The normalized spacial score (nSPS) is 37.3. The largest absolute Gasteiger partial charge is 0.331 e. The van der Waals surface area contributed by atoms with Crippen LogP contribution in [0.4, 0.5) is 0 Å². The van der Waals surface area contributed by atoms with Crippen molar-refractivity contribution in [2.24, 2.45) is 17.8 Å². The SMILES string of the molecule is [B]C([B])(NC)C1CC2CCCCC(C2)C1. The molecule has 4 radical (unpaired) electrons. The molecule has 2 bridgehead atoms. The van der Waals surface area contributed by atoms with Gasteiger partial charge in [-0.25, -0.2) is 0 Å². The van der Waals surface area contributed by atoms with E-state index in [2.05, 4.69) is 5.32 Å². The molecule has 0 heterocycles. The molecule has 1 nitrogen and oxygen atoms in total. The molecule has 2 rings (SSSR count). The van der Waals surface area contributed by atoms with Crippen molar-refractivity contribution in [3.05, 3.63) is 0 Å². The average Bonchev–Trinajstić information content (AvgIpc) is 2.39. The Kier molecular flexibility index (Phi) is 3.49. The Morgan fingerprint density at radius 1 is 1.00 bits per heavy atom. The molecule has 0 spiro atoms. The number of hydrogen-bond donors (Lipinski definition) is 1. The van der Waals surface area contributed by atoms with E-state index in [9.17, 15) is 0 Å². The number of hydrogen-bond acceptors (Lipinski definition) is 1. The summed E-state index contributed by atoms with van der Waals surface area (Å²) in [4.78, 5) is 0. The molecule has 3 heteroatoms. The Balaban J connectivity index is 2.04. The molecule has 1 N–H and O–H groups in total. The van der Waals surface area contributed by atoms with E-state index in [0.717, 1.165) is 11.8 Å². The Morgan fingerprint density at radius 3 is 2.00 bits per heavy atom. The van der Waals surface area contributed by atoms with Crippen LogP contribution in [-0.4, -0.2) is 28.1 Å². The summed E-state index contributed by atoms with van der Waals surface area (Å²) in [5, 5.41) is 2.42. The fraction of sp³-hybridized carbons (Fsp3) is 1.00. The molecule has 0 saturated heterocycles. The van der Waals surface area contributed by atoms with Gasteiger partial charge in [0.2, 0.25) is 0 Å². The van der Waals surface area contributed by atoms with E-state index in [1.165, 1.54) is 44.9 Å². The van der Waals surface area contributed by atoms with Crippen molar-refractivity contribution >= 4 is 15.7 Å². The summed E-state index contributed by atoms with van der Waals surface area (Å²) in [6.07, 6.45) is 9.50. The molecule has 0 aromatic heterocycles. The monoisotopic (exact) mass is 201 g/mol. The van der Waals surface area contributed by atoms with Crippen molar-refractivity contribution in [3.8, 4) is 0 Å². The van der Waals surface area contributed by atoms with E-state index in [1.807, 2.05) is 7.05 Å². The molecule has 15 heavy (non-hydrogen) atoms. The third kappa shape index (κ3) is 2.61. The first-order valence-electron chi connectivity index (χ1n) is 6.38. The van der Waals surface area contributed by atoms with Crippen molar-refractivity contribution in [3.63, 3.8) is 0 Å². The minimum absolute atomic E-state index is 0.462. The predicted octanol–water partition coefficient (Wildman–Crippen LogP) is 1.80. The highest BCUT2D eigenvalue weighted by molar-refractivity contribution is 6.40. The van der Waals surface area contributed by atoms with Gasteiger partial charge in [-0.3, -0.25) is 0 Å². The van der Waals surface area contributed by atoms with E-state index >= 15 is 0 Å². The molecular formula is C12H21B2N. The predicted molar refractivity (Wildman–Crippen MR) is 66.1 cm³/mol. The standard InChI is InChI=1S/C12H21B2N/c1-15-12(13,14)11-7-9-4-2-3-5-10(6-9)8-11/h9-11,15H,2-8H2,1H3. The zero-order valence-corrected chi connectivity index (χ0v) is 9.84. The molecule has 0 amide bonds. The fourth-order valence-electron chi connectivity index (χ4n) is 3.50. The first-order chi connectivity index (χ1) is 7.12. The van der Waals surface area contributed by atoms with Gasteiger partial charge in [-0.05, 0) is 44.1 Å². The van der Waals surface area contributed by atoms with E-state index in [-0.39, 0.29) is 0 Å². The van der Waals surface area contributed by atoms with Crippen LogP contribution >= 0.6 is 0 Å². The Bertz CT molecular complexity index is 204. The van der Waals surface area contributed by atoms with Gasteiger partial charge < -0.3 is 5.32 Å². The highest BCUT2D eigenvalue weighted by Crippen LogP contribution is 2.43. The number of rotatable bonds is 2. The van der Waals surface area contributed by atoms with Crippen molar-refractivity contribution in [2.75, 3.05) is 7.05 Å². The maximum atomic E-state index is 6.11. The van der Waals surface area contributed by atoms with E-state index in [1.54, 1.807) is 0 Å². The molecular weight excluding hydrogens is 180 g/mol. The second-order valence-electron chi connectivity index (χ2n) is 5.60. The number of fused-ring (bicyclic) bond motifs is 2. The zero-order valence-electron chi connectivity index (χ0n) is 9.84. The third-order valence-corrected chi connectivity index (χ3v) is 4.49. The molecule has 0 aromatic rings. The van der Waals surface area contributed by atoms with Crippen molar-refractivity contribution < 1.29 is 0 Å². The van der Waals surface area contributed by atoms with Crippen LogP contribution in [0.5, 0.6) is 0 Å². The summed E-state index contributed by atoms with van der Waals surface area (Å²) in [6.45, 7) is 0. The molecule has 0 aromatic carbocycles. The van der Waals surface area contributed by atoms with Crippen LogP contribution in [0, 0.1) is 17.8 Å². The minimum Gasteiger partial charge on any atom is -0.331 e. The summed E-state index contributed by atoms with van der Waals surface area (Å²) in [5.41, 5.74) is 0. The van der Waals surface area contributed by atoms with Gasteiger partial charge in [0.25, 0.3) is 0 Å². The molecule has 2 atom stereocenters. The van der Waals surface area contributed by atoms with Crippen LogP contribution in [-0.2, 0) is 0 Å². The topological polar surface area (TPSA) is 12.0 Å². The molecule has 2 fully saturated rings. The highest BCUT2D eigenvalue weighted by atomic mass is 14.9. The van der Waals surface area contributed by atoms with Crippen LogP contribution in [0.15, 0.2) is 0 Å².